The second-order valence-electron chi connectivity index (χ2n) is 5.84. The summed E-state index contributed by atoms with van der Waals surface area (Å²) in [5.41, 5.74) is 2.01. The minimum absolute atomic E-state index is 0.0736. The molecule has 2 aromatic rings. The Morgan fingerprint density at radius 3 is 2.79 bits per heavy atom. The van der Waals surface area contributed by atoms with Crippen molar-refractivity contribution in [3.63, 3.8) is 0 Å². The molecule has 0 saturated carbocycles. The van der Waals surface area contributed by atoms with Crippen molar-refractivity contribution in [2.45, 2.75) is 26.0 Å². The molecule has 1 amide bonds. The van der Waals surface area contributed by atoms with Gasteiger partial charge in [0, 0.05) is 18.1 Å². The predicted molar refractivity (Wildman–Crippen MR) is 96.7 cm³/mol. The molecule has 5 heteroatoms. The lowest BCUT2D eigenvalue weighted by Gasteiger charge is -2.35. The minimum atomic E-state index is -0.520. The lowest BCUT2D eigenvalue weighted by Crippen LogP contribution is -2.48. The van der Waals surface area contributed by atoms with E-state index in [1.807, 2.05) is 55.5 Å². The second kappa shape index (κ2) is 7.58. The van der Waals surface area contributed by atoms with Gasteiger partial charge in [0.25, 0.3) is 5.91 Å². The predicted octanol–water partition coefficient (Wildman–Crippen LogP) is 3.63. The van der Waals surface area contributed by atoms with Crippen LogP contribution in [0.4, 0.5) is 5.69 Å². The van der Waals surface area contributed by atoms with Crippen LogP contribution in [0.2, 0.25) is 5.02 Å². The Morgan fingerprint density at radius 2 is 2.00 bits per heavy atom. The number of ether oxygens (including phenoxy) is 1. The third-order valence-corrected chi connectivity index (χ3v) is 4.39. The van der Waals surface area contributed by atoms with Crippen LogP contribution in [0.25, 0.3) is 0 Å². The molecule has 2 aromatic carbocycles. The molecule has 0 spiro atoms. The van der Waals surface area contributed by atoms with Gasteiger partial charge in [-0.05, 0) is 30.2 Å². The monoisotopic (exact) mass is 344 g/mol. The molecule has 0 aromatic heterocycles. The van der Waals surface area contributed by atoms with E-state index in [0.717, 1.165) is 28.4 Å². The molecule has 24 heavy (non-hydrogen) atoms. The average molecular weight is 345 g/mol. The third kappa shape index (κ3) is 3.65. The van der Waals surface area contributed by atoms with Crippen molar-refractivity contribution < 1.29 is 9.53 Å². The highest BCUT2D eigenvalue weighted by atomic mass is 35.5. The molecule has 0 unspecified atom stereocenters. The zero-order valence-corrected chi connectivity index (χ0v) is 14.4. The van der Waals surface area contributed by atoms with E-state index in [9.17, 15) is 4.79 Å². The summed E-state index contributed by atoms with van der Waals surface area (Å²) in [7, 11) is 0. The number of anilines is 1. The van der Waals surface area contributed by atoms with E-state index in [4.69, 9.17) is 16.3 Å². The van der Waals surface area contributed by atoms with E-state index in [1.54, 1.807) is 0 Å². The fraction of sp³-hybridized carbons (Fsp3) is 0.316. The van der Waals surface area contributed by atoms with Gasteiger partial charge in [0.1, 0.15) is 5.75 Å². The fourth-order valence-electron chi connectivity index (χ4n) is 2.79. The summed E-state index contributed by atoms with van der Waals surface area (Å²) >= 11 is 6.30. The van der Waals surface area contributed by atoms with E-state index in [2.05, 4.69) is 10.2 Å². The summed E-state index contributed by atoms with van der Waals surface area (Å²) in [5.74, 6) is 0.656. The lowest BCUT2D eigenvalue weighted by atomic mass is 10.1. The molecule has 0 saturated heterocycles. The van der Waals surface area contributed by atoms with Crippen molar-refractivity contribution in [2.75, 3.05) is 18.0 Å². The highest BCUT2D eigenvalue weighted by molar-refractivity contribution is 6.31. The van der Waals surface area contributed by atoms with Gasteiger partial charge in [-0.2, -0.15) is 0 Å². The highest BCUT2D eigenvalue weighted by Crippen LogP contribution is 2.34. The molecule has 0 radical (unpaired) electrons. The SMILES string of the molecule is CCCNC(=O)[C@@H]1CN(Cc2ccccc2Cl)c2ccccc2O1. The van der Waals surface area contributed by atoms with Crippen LogP contribution in [0.5, 0.6) is 5.75 Å². The summed E-state index contributed by atoms with van der Waals surface area (Å²) in [6.45, 7) is 3.82. The summed E-state index contributed by atoms with van der Waals surface area (Å²) in [5, 5.41) is 3.64. The number of hydrogen-bond donors (Lipinski definition) is 1. The van der Waals surface area contributed by atoms with Gasteiger partial charge in [0.05, 0.1) is 12.2 Å². The van der Waals surface area contributed by atoms with Crippen LogP contribution in [0.3, 0.4) is 0 Å². The number of amides is 1. The van der Waals surface area contributed by atoms with Crippen LogP contribution in [-0.4, -0.2) is 25.1 Å². The number of fused-ring (bicyclic) bond motifs is 1. The van der Waals surface area contributed by atoms with E-state index < -0.39 is 6.10 Å². The molecule has 1 aliphatic heterocycles. The molecule has 4 nitrogen and oxygen atoms in total. The van der Waals surface area contributed by atoms with E-state index in [-0.39, 0.29) is 5.91 Å². The lowest BCUT2D eigenvalue weighted by molar-refractivity contribution is -0.127. The van der Waals surface area contributed by atoms with Gasteiger partial charge in [-0.25, -0.2) is 0 Å². The number of hydrogen-bond acceptors (Lipinski definition) is 3. The van der Waals surface area contributed by atoms with Crippen molar-refractivity contribution in [3.8, 4) is 5.75 Å². The first-order valence-corrected chi connectivity index (χ1v) is 8.58. The zero-order valence-electron chi connectivity index (χ0n) is 13.7. The molecule has 1 heterocycles. The fourth-order valence-corrected chi connectivity index (χ4v) is 2.98. The second-order valence-corrected chi connectivity index (χ2v) is 6.24. The molecule has 126 valence electrons. The van der Waals surface area contributed by atoms with Gasteiger partial charge in [-0.3, -0.25) is 4.79 Å². The first-order valence-electron chi connectivity index (χ1n) is 8.20. The number of carbonyl (C=O) groups excluding carboxylic acids is 1. The Morgan fingerprint density at radius 1 is 1.25 bits per heavy atom. The molecule has 1 N–H and O–H groups in total. The molecule has 0 aliphatic carbocycles. The van der Waals surface area contributed by atoms with E-state index >= 15 is 0 Å². The largest absolute Gasteiger partial charge is 0.477 e. The van der Waals surface area contributed by atoms with Crippen molar-refractivity contribution in [1.29, 1.82) is 0 Å². The van der Waals surface area contributed by atoms with Crippen molar-refractivity contribution in [1.82, 2.24) is 5.32 Å². The first kappa shape index (κ1) is 16.7. The van der Waals surface area contributed by atoms with Crippen LogP contribution in [-0.2, 0) is 11.3 Å². The number of nitrogens with zero attached hydrogens (tertiary/aromatic N) is 1. The smallest absolute Gasteiger partial charge is 0.262 e. The van der Waals surface area contributed by atoms with Crippen molar-refractivity contribution >= 4 is 23.2 Å². The average Bonchev–Trinajstić information content (AvgIpc) is 2.61. The molecule has 3 rings (SSSR count). The Balaban J connectivity index is 1.84. The Kier molecular flexibility index (Phi) is 5.26. The van der Waals surface area contributed by atoms with Crippen LogP contribution in [0.1, 0.15) is 18.9 Å². The number of nitrogens with one attached hydrogen (secondary N) is 1. The number of para-hydroxylation sites is 2. The van der Waals surface area contributed by atoms with Gasteiger partial charge >= 0.3 is 0 Å². The standard InChI is InChI=1S/C19H21ClN2O2/c1-2-11-21-19(23)18-13-22(12-14-7-3-4-8-15(14)20)16-9-5-6-10-17(16)24-18/h3-10,18H,2,11-13H2,1H3,(H,21,23)/t18-/m0/s1. The number of rotatable bonds is 5. The molecule has 1 aliphatic rings. The zero-order chi connectivity index (χ0) is 16.9. The van der Waals surface area contributed by atoms with Gasteiger partial charge in [-0.15, -0.1) is 0 Å². The quantitative estimate of drug-likeness (QED) is 0.900. The van der Waals surface area contributed by atoms with Gasteiger partial charge in [-0.1, -0.05) is 48.9 Å². The summed E-state index contributed by atoms with van der Waals surface area (Å²) < 4.78 is 5.90. The Labute approximate surface area is 147 Å². The molecule has 1 atom stereocenters. The molecular weight excluding hydrogens is 324 g/mol. The van der Waals surface area contributed by atoms with E-state index in [0.29, 0.717) is 19.6 Å². The minimum Gasteiger partial charge on any atom is -0.477 e. The number of benzene rings is 2. The van der Waals surface area contributed by atoms with Crippen molar-refractivity contribution in [3.05, 3.63) is 59.1 Å². The molecule has 0 bridgehead atoms. The maximum absolute atomic E-state index is 12.3. The van der Waals surface area contributed by atoms with Gasteiger partial charge < -0.3 is 15.0 Å². The Bertz CT molecular complexity index is 720. The van der Waals surface area contributed by atoms with Crippen LogP contribution in [0, 0.1) is 0 Å². The molecular formula is C19H21ClN2O2. The van der Waals surface area contributed by atoms with Gasteiger partial charge in [0.15, 0.2) is 6.10 Å². The number of halogens is 1. The Hall–Kier alpha value is -2.20. The van der Waals surface area contributed by atoms with Gasteiger partial charge in [0.2, 0.25) is 0 Å². The first-order chi connectivity index (χ1) is 11.7. The third-order valence-electron chi connectivity index (χ3n) is 4.02. The maximum atomic E-state index is 12.3. The summed E-state index contributed by atoms with van der Waals surface area (Å²) in [6.07, 6.45) is 0.382. The maximum Gasteiger partial charge on any atom is 0.262 e. The highest BCUT2D eigenvalue weighted by Gasteiger charge is 2.30. The topological polar surface area (TPSA) is 41.6 Å². The van der Waals surface area contributed by atoms with Crippen molar-refractivity contribution in [2.24, 2.45) is 0 Å². The van der Waals surface area contributed by atoms with Crippen LogP contribution < -0.4 is 15.0 Å². The summed E-state index contributed by atoms with van der Waals surface area (Å²) in [6, 6.07) is 15.6. The van der Waals surface area contributed by atoms with Crippen LogP contribution in [0.15, 0.2) is 48.5 Å². The van der Waals surface area contributed by atoms with Crippen LogP contribution >= 0.6 is 11.6 Å². The molecule has 0 fully saturated rings. The number of carbonyl (C=O) groups is 1. The normalized spacial score (nSPS) is 16.2. The van der Waals surface area contributed by atoms with E-state index in [1.165, 1.54) is 0 Å². The summed E-state index contributed by atoms with van der Waals surface area (Å²) in [4.78, 5) is 14.5.